The van der Waals surface area contributed by atoms with Crippen molar-refractivity contribution in [1.82, 2.24) is 0 Å². The molecule has 0 unspecified atom stereocenters. The monoisotopic (exact) mass is 282 g/mol. The van der Waals surface area contributed by atoms with E-state index in [9.17, 15) is 4.79 Å². The van der Waals surface area contributed by atoms with Crippen LogP contribution in [0.5, 0.6) is 0 Å². The first-order valence-corrected chi connectivity index (χ1v) is 6.59. The van der Waals surface area contributed by atoms with Crippen LogP contribution in [0.2, 0.25) is 0 Å². The van der Waals surface area contributed by atoms with Crippen molar-refractivity contribution in [3.05, 3.63) is 29.8 Å². The number of oxime groups is 1. The van der Waals surface area contributed by atoms with E-state index in [2.05, 4.69) is 29.2 Å². The molecule has 0 fully saturated rings. The van der Waals surface area contributed by atoms with Gasteiger partial charge >= 0.3 is 6.09 Å². The van der Waals surface area contributed by atoms with E-state index in [1.165, 1.54) is 5.56 Å². The van der Waals surface area contributed by atoms with E-state index in [4.69, 9.17) is 11.6 Å². The maximum absolute atomic E-state index is 11.5. The Morgan fingerprint density at radius 3 is 2.26 bits per heavy atom. The van der Waals surface area contributed by atoms with Crippen molar-refractivity contribution in [3.63, 3.8) is 0 Å². The van der Waals surface area contributed by atoms with Crippen molar-refractivity contribution in [2.24, 2.45) is 11.1 Å². The summed E-state index contributed by atoms with van der Waals surface area (Å²) in [6, 6.07) is 7.57. The largest absolute Gasteiger partial charge is 0.437 e. The summed E-state index contributed by atoms with van der Waals surface area (Å²) in [6.07, 6.45) is -0.656. The highest BCUT2D eigenvalue weighted by Gasteiger charge is 2.06. The Morgan fingerprint density at radius 1 is 1.21 bits per heavy atom. The predicted molar refractivity (Wildman–Crippen MR) is 78.8 cm³/mol. The molecule has 0 atom stereocenters. The molecule has 4 nitrogen and oxygen atoms in total. The molecule has 0 aliphatic carbocycles. The van der Waals surface area contributed by atoms with Crippen molar-refractivity contribution in [1.29, 1.82) is 0 Å². The van der Waals surface area contributed by atoms with Crippen LogP contribution in [-0.2, 0) is 4.84 Å². The Labute approximate surface area is 118 Å². The minimum atomic E-state index is -0.656. The van der Waals surface area contributed by atoms with Crippen LogP contribution in [0.3, 0.4) is 0 Å². The normalized spacial score (nSPS) is 11.8. The van der Waals surface area contributed by atoms with Gasteiger partial charge in [-0.3, -0.25) is 10.2 Å². The summed E-state index contributed by atoms with van der Waals surface area (Å²) in [5, 5.41) is 6.37. The second kappa shape index (κ2) is 7.14. The number of anilines is 1. The lowest BCUT2D eigenvalue weighted by molar-refractivity contribution is 0.166. The van der Waals surface area contributed by atoms with Crippen LogP contribution >= 0.6 is 11.6 Å². The summed E-state index contributed by atoms with van der Waals surface area (Å²) in [5.41, 5.74) is 1.87. The first-order chi connectivity index (χ1) is 8.90. The topological polar surface area (TPSA) is 50.7 Å². The predicted octanol–water partition coefficient (Wildman–Crippen LogP) is 4.57. The molecular weight excluding hydrogens is 264 g/mol. The third-order valence-electron chi connectivity index (χ3n) is 2.52. The number of halogens is 1. The first-order valence-electron chi connectivity index (χ1n) is 6.21. The number of carbonyl (C=O) groups is 1. The van der Waals surface area contributed by atoms with Crippen LogP contribution in [0.1, 0.15) is 39.2 Å². The minimum Gasteiger partial charge on any atom is -0.297 e. The Balaban J connectivity index is 2.55. The average molecular weight is 283 g/mol. The third kappa shape index (κ3) is 5.30. The molecule has 5 heteroatoms. The van der Waals surface area contributed by atoms with Crippen LogP contribution in [0.4, 0.5) is 10.5 Å². The molecule has 0 spiro atoms. The lowest BCUT2D eigenvalue weighted by Gasteiger charge is -2.07. The molecule has 0 bridgehead atoms. The fraction of sp³-hybridized carbons (Fsp3) is 0.429. The minimum absolute atomic E-state index is 0.0276. The number of benzene rings is 1. The van der Waals surface area contributed by atoms with Gasteiger partial charge in [0.05, 0.1) is 0 Å². The van der Waals surface area contributed by atoms with Crippen molar-refractivity contribution < 1.29 is 9.63 Å². The molecule has 0 aromatic heterocycles. The van der Waals surface area contributed by atoms with E-state index in [-0.39, 0.29) is 11.1 Å². The third-order valence-corrected chi connectivity index (χ3v) is 3.02. The highest BCUT2D eigenvalue weighted by atomic mass is 35.5. The number of hydrogen-bond donors (Lipinski definition) is 1. The lowest BCUT2D eigenvalue weighted by atomic mass is 10.0. The van der Waals surface area contributed by atoms with E-state index >= 15 is 0 Å². The lowest BCUT2D eigenvalue weighted by Crippen LogP contribution is -2.12. The van der Waals surface area contributed by atoms with Gasteiger partial charge in [0.1, 0.15) is 5.17 Å². The summed E-state index contributed by atoms with van der Waals surface area (Å²) < 4.78 is 0. The van der Waals surface area contributed by atoms with Gasteiger partial charge in [0.2, 0.25) is 0 Å². The van der Waals surface area contributed by atoms with Crippen molar-refractivity contribution in [2.45, 2.75) is 33.6 Å². The SMILES string of the molecule is CC(C)C(Cl)=NOC(=O)Nc1ccc(C(C)C)cc1. The van der Waals surface area contributed by atoms with Gasteiger partial charge in [0.15, 0.2) is 0 Å². The maximum atomic E-state index is 11.5. The van der Waals surface area contributed by atoms with E-state index in [1.54, 1.807) is 0 Å². The molecule has 0 aliphatic heterocycles. The zero-order valence-electron chi connectivity index (χ0n) is 11.6. The molecule has 0 aliphatic rings. The van der Waals surface area contributed by atoms with Gasteiger partial charge in [0.25, 0.3) is 0 Å². The summed E-state index contributed by atoms with van der Waals surface area (Å²) in [7, 11) is 0. The Bertz CT molecular complexity index is 453. The fourth-order valence-electron chi connectivity index (χ4n) is 1.28. The molecule has 104 valence electrons. The number of rotatable bonds is 4. The second-order valence-corrected chi connectivity index (χ2v) is 5.24. The van der Waals surface area contributed by atoms with Crippen LogP contribution in [0, 0.1) is 5.92 Å². The van der Waals surface area contributed by atoms with Crippen LogP contribution in [-0.4, -0.2) is 11.3 Å². The number of hydrogen-bond acceptors (Lipinski definition) is 3. The summed E-state index contributed by atoms with van der Waals surface area (Å²) in [4.78, 5) is 16.1. The van der Waals surface area contributed by atoms with Gasteiger partial charge in [-0.1, -0.05) is 56.6 Å². The van der Waals surface area contributed by atoms with Crippen LogP contribution in [0.25, 0.3) is 0 Å². The van der Waals surface area contributed by atoms with Crippen molar-refractivity contribution >= 4 is 28.6 Å². The standard InChI is InChI=1S/C14H19ClN2O2/c1-9(2)11-5-7-12(8-6-11)16-14(18)19-17-13(15)10(3)4/h5-10H,1-4H3,(H,16,18). The smallest absolute Gasteiger partial charge is 0.297 e. The molecule has 0 saturated carbocycles. The van der Waals surface area contributed by atoms with E-state index in [1.807, 2.05) is 38.1 Å². The summed E-state index contributed by atoms with van der Waals surface area (Å²) in [5.74, 6) is 0.482. The fourth-order valence-corrected chi connectivity index (χ4v) is 1.32. The second-order valence-electron chi connectivity index (χ2n) is 4.85. The van der Waals surface area contributed by atoms with Crippen LogP contribution in [0.15, 0.2) is 29.4 Å². The van der Waals surface area contributed by atoms with Gasteiger partial charge in [-0.05, 0) is 23.6 Å². The van der Waals surface area contributed by atoms with Gasteiger partial charge in [-0.2, -0.15) is 0 Å². The maximum Gasteiger partial charge on any atom is 0.437 e. The van der Waals surface area contributed by atoms with E-state index in [0.29, 0.717) is 11.6 Å². The zero-order valence-corrected chi connectivity index (χ0v) is 12.4. The average Bonchev–Trinajstić information content (AvgIpc) is 2.36. The molecule has 1 N–H and O–H groups in total. The van der Waals surface area contributed by atoms with Crippen molar-refractivity contribution in [3.8, 4) is 0 Å². The Hall–Kier alpha value is -1.55. The number of nitrogens with one attached hydrogen (secondary N) is 1. The molecule has 0 radical (unpaired) electrons. The van der Waals surface area contributed by atoms with Gasteiger partial charge < -0.3 is 0 Å². The highest BCUT2D eigenvalue weighted by Crippen LogP contribution is 2.17. The number of carbonyl (C=O) groups excluding carboxylic acids is 1. The number of amides is 1. The Kier molecular flexibility index (Phi) is 5.83. The van der Waals surface area contributed by atoms with Crippen molar-refractivity contribution in [2.75, 3.05) is 5.32 Å². The van der Waals surface area contributed by atoms with E-state index < -0.39 is 6.09 Å². The van der Waals surface area contributed by atoms with Gasteiger partial charge in [-0.15, -0.1) is 0 Å². The Morgan fingerprint density at radius 2 is 1.79 bits per heavy atom. The molecule has 1 aromatic carbocycles. The molecule has 0 heterocycles. The summed E-state index contributed by atoms with van der Waals surface area (Å²) in [6.45, 7) is 7.94. The summed E-state index contributed by atoms with van der Waals surface area (Å²) >= 11 is 5.76. The van der Waals surface area contributed by atoms with E-state index in [0.717, 1.165) is 0 Å². The molecule has 0 saturated heterocycles. The first kappa shape index (κ1) is 15.5. The number of nitrogens with zero attached hydrogens (tertiary/aromatic N) is 1. The molecule has 19 heavy (non-hydrogen) atoms. The molecule has 1 rings (SSSR count). The van der Waals surface area contributed by atoms with Crippen LogP contribution < -0.4 is 5.32 Å². The zero-order chi connectivity index (χ0) is 14.4. The van der Waals surface area contributed by atoms with Gasteiger partial charge in [-0.25, -0.2) is 4.79 Å². The van der Waals surface area contributed by atoms with Gasteiger partial charge in [0, 0.05) is 11.6 Å². The molecule has 1 aromatic rings. The quantitative estimate of drug-likeness (QED) is 0.500. The molecule has 1 amide bonds. The highest BCUT2D eigenvalue weighted by molar-refractivity contribution is 6.65. The molecular formula is C14H19ClN2O2.